The maximum Gasteiger partial charge on any atom is 0.139 e. The van der Waals surface area contributed by atoms with Crippen LogP contribution in [0.4, 0.5) is 21.5 Å². The van der Waals surface area contributed by atoms with E-state index < -0.39 is 0 Å². The molecule has 3 nitrogen and oxygen atoms in total. The molecule has 2 aromatic carbocycles. The van der Waals surface area contributed by atoms with Gasteiger partial charge in [0, 0.05) is 18.8 Å². The van der Waals surface area contributed by atoms with Crippen LogP contribution >= 0.6 is 15.9 Å². The second-order valence-electron chi connectivity index (χ2n) is 4.08. The van der Waals surface area contributed by atoms with Crippen LogP contribution in [0, 0.1) is 5.82 Å². The second kappa shape index (κ2) is 5.48. The third kappa shape index (κ3) is 2.81. The number of rotatable bonds is 3. The molecule has 0 aliphatic rings. The van der Waals surface area contributed by atoms with Crippen LogP contribution in [0.25, 0.3) is 0 Å². The van der Waals surface area contributed by atoms with E-state index in [9.17, 15) is 4.39 Å². The van der Waals surface area contributed by atoms with Gasteiger partial charge in [0.1, 0.15) is 11.6 Å². The van der Waals surface area contributed by atoms with E-state index in [1.54, 1.807) is 13.2 Å². The van der Waals surface area contributed by atoms with Crippen molar-refractivity contribution in [3.63, 3.8) is 0 Å². The molecular formula is C14H14BrFN2O. The van der Waals surface area contributed by atoms with Crippen molar-refractivity contribution >= 4 is 33.0 Å². The summed E-state index contributed by atoms with van der Waals surface area (Å²) in [4.78, 5) is 1.89. The highest BCUT2D eigenvalue weighted by Crippen LogP contribution is 2.33. The molecule has 19 heavy (non-hydrogen) atoms. The lowest BCUT2D eigenvalue weighted by atomic mass is 10.2. The van der Waals surface area contributed by atoms with Crippen LogP contribution in [0.5, 0.6) is 5.75 Å². The van der Waals surface area contributed by atoms with E-state index in [0.29, 0.717) is 10.2 Å². The summed E-state index contributed by atoms with van der Waals surface area (Å²) in [6, 6.07) is 10.5. The predicted molar refractivity (Wildman–Crippen MR) is 79.6 cm³/mol. The predicted octanol–water partition coefficient (Wildman–Crippen LogP) is 3.95. The Bertz CT molecular complexity index is 587. The van der Waals surface area contributed by atoms with Crippen molar-refractivity contribution in [2.24, 2.45) is 0 Å². The van der Waals surface area contributed by atoms with Gasteiger partial charge in [-0.3, -0.25) is 0 Å². The van der Waals surface area contributed by atoms with Gasteiger partial charge in [-0.2, -0.15) is 0 Å². The Morgan fingerprint density at radius 2 is 1.84 bits per heavy atom. The average Bonchev–Trinajstić information content (AvgIpc) is 2.42. The van der Waals surface area contributed by atoms with Crippen LogP contribution in [-0.2, 0) is 0 Å². The normalized spacial score (nSPS) is 10.3. The van der Waals surface area contributed by atoms with E-state index in [1.165, 1.54) is 6.07 Å². The molecule has 0 aliphatic carbocycles. The smallest absolute Gasteiger partial charge is 0.139 e. The van der Waals surface area contributed by atoms with Crippen LogP contribution in [-0.4, -0.2) is 14.2 Å². The highest BCUT2D eigenvalue weighted by Gasteiger charge is 2.11. The molecule has 5 heteroatoms. The Kier molecular flexibility index (Phi) is 3.95. The molecule has 2 aromatic rings. The quantitative estimate of drug-likeness (QED) is 0.869. The third-order valence-electron chi connectivity index (χ3n) is 2.89. The Morgan fingerprint density at radius 1 is 1.21 bits per heavy atom. The van der Waals surface area contributed by atoms with Crippen molar-refractivity contribution in [3.05, 3.63) is 46.7 Å². The molecular weight excluding hydrogens is 311 g/mol. The summed E-state index contributed by atoms with van der Waals surface area (Å²) in [5.41, 5.74) is 7.92. The summed E-state index contributed by atoms with van der Waals surface area (Å²) in [5, 5.41) is 0. The summed E-state index contributed by atoms with van der Waals surface area (Å²) in [7, 11) is 3.49. The molecule has 0 aromatic heterocycles. The van der Waals surface area contributed by atoms with Crippen molar-refractivity contribution in [1.29, 1.82) is 0 Å². The number of nitrogens with two attached hydrogens (primary N) is 1. The summed E-state index contributed by atoms with van der Waals surface area (Å²) in [6.07, 6.45) is 0. The van der Waals surface area contributed by atoms with Gasteiger partial charge in [-0.1, -0.05) is 0 Å². The molecule has 0 saturated carbocycles. The number of nitrogen functional groups attached to an aromatic ring is 1. The summed E-state index contributed by atoms with van der Waals surface area (Å²) < 4.78 is 18.9. The molecule has 0 unspecified atom stereocenters. The highest BCUT2D eigenvalue weighted by molar-refractivity contribution is 9.10. The molecule has 0 bridgehead atoms. The van der Waals surface area contributed by atoms with Gasteiger partial charge < -0.3 is 15.4 Å². The Morgan fingerprint density at radius 3 is 2.42 bits per heavy atom. The number of hydrogen-bond donors (Lipinski definition) is 1. The molecule has 0 heterocycles. The number of anilines is 3. The fourth-order valence-electron chi connectivity index (χ4n) is 1.79. The lowest BCUT2D eigenvalue weighted by Gasteiger charge is -2.22. The van der Waals surface area contributed by atoms with Gasteiger partial charge in [-0.25, -0.2) is 4.39 Å². The first-order chi connectivity index (χ1) is 9.02. The zero-order valence-electron chi connectivity index (χ0n) is 10.7. The minimum Gasteiger partial charge on any atom is -0.497 e. The van der Waals surface area contributed by atoms with Crippen LogP contribution in [0.2, 0.25) is 0 Å². The molecule has 0 spiro atoms. The van der Waals surface area contributed by atoms with Crippen LogP contribution in [0.3, 0.4) is 0 Å². The average molecular weight is 325 g/mol. The van der Waals surface area contributed by atoms with Crippen LogP contribution < -0.4 is 15.4 Å². The number of halogens is 2. The van der Waals surface area contributed by atoms with E-state index in [4.69, 9.17) is 10.5 Å². The monoisotopic (exact) mass is 324 g/mol. The SMILES string of the molecule is COc1ccc(N(C)c2cc(Br)c(F)cc2N)cc1. The topological polar surface area (TPSA) is 38.5 Å². The first-order valence-electron chi connectivity index (χ1n) is 5.65. The van der Waals surface area contributed by atoms with E-state index in [0.717, 1.165) is 17.1 Å². The van der Waals surface area contributed by atoms with Crippen molar-refractivity contribution in [3.8, 4) is 5.75 Å². The molecule has 0 saturated heterocycles. The first kappa shape index (κ1) is 13.7. The molecule has 100 valence electrons. The van der Waals surface area contributed by atoms with Gasteiger partial charge in [0.25, 0.3) is 0 Å². The molecule has 0 fully saturated rings. The van der Waals surface area contributed by atoms with Gasteiger partial charge in [-0.05, 0) is 46.3 Å². The molecule has 0 atom stereocenters. The van der Waals surface area contributed by atoms with Gasteiger partial charge in [-0.15, -0.1) is 0 Å². The Labute approximate surface area is 119 Å². The molecule has 0 radical (unpaired) electrons. The van der Waals surface area contributed by atoms with Crippen molar-refractivity contribution in [2.45, 2.75) is 0 Å². The zero-order chi connectivity index (χ0) is 14.0. The van der Waals surface area contributed by atoms with E-state index in [2.05, 4.69) is 15.9 Å². The summed E-state index contributed by atoms with van der Waals surface area (Å²) in [6.45, 7) is 0. The number of methoxy groups -OCH3 is 1. The maximum atomic E-state index is 13.4. The van der Waals surface area contributed by atoms with Gasteiger partial charge in [0.05, 0.1) is 23.0 Å². The highest BCUT2D eigenvalue weighted by atomic mass is 79.9. The van der Waals surface area contributed by atoms with Crippen LogP contribution in [0.1, 0.15) is 0 Å². The molecule has 2 N–H and O–H groups in total. The van der Waals surface area contributed by atoms with Gasteiger partial charge >= 0.3 is 0 Å². The van der Waals surface area contributed by atoms with E-state index in [1.807, 2.05) is 36.2 Å². The maximum absolute atomic E-state index is 13.4. The minimum atomic E-state index is -0.371. The number of benzene rings is 2. The van der Waals surface area contributed by atoms with Crippen molar-refractivity contribution < 1.29 is 9.13 Å². The van der Waals surface area contributed by atoms with Crippen molar-refractivity contribution in [1.82, 2.24) is 0 Å². The van der Waals surface area contributed by atoms with E-state index in [-0.39, 0.29) is 5.82 Å². The lowest BCUT2D eigenvalue weighted by Crippen LogP contribution is -2.12. The summed E-state index contributed by atoms with van der Waals surface area (Å²) in [5.74, 6) is 0.412. The lowest BCUT2D eigenvalue weighted by molar-refractivity contribution is 0.415. The largest absolute Gasteiger partial charge is 0.497 e. The fraction of sp³-hybridized carbons (Fsp3) is 0.143. The fourth-order valence-corrected chi connectivity index (χ4v) is 2.12. The number of nitrogens with zero attached hydrogens (tertiary/aromatic N) is 1. The standard InChI is InChI=1S/C14H14BrFN2O/c1-18(9-3-5-10(19-2)6-4-9)14-7-11(15)12(16)8-13(14)17/h3-8H,17H2,1-2H3. The molecule has 0 aliphatic heterocycles. The zero-order valence-corrected chi connectivity index (χ0v) is 12.2. The van der Waals surface area contributed by atoms with Gasteiger partial charge in [0.2, 0.25) is 0 Å². The molecule has 2 rings (SSSR count). The Hall–Kier alpha value is -1.75. The number of ether oxygens (including phenoxy) is 1. The third-order valence-corrected chi connectivity index (χ3v) is 3.50. The first-order valence-corrected chi connectivity index (χ1v) is 6.44. The van der Waals surface area contributed by atoms with Crippen molar-refractivity contribution in [2.75, 3.05) is 24.8 Å². The Balaban J connectivity index is 2.37. The number of hydrogen-bond acceptors (Lipinski definition) is 3. The van der Waals surface area contributed by atoms with E-state index >= 15 is 0 Å². The van der Waals surface area contributed by atoms with Gasteiger partial charge in [0.15, 0.2) is 0 Å². The molecule has 0 amide bonds. The minimum absolute atomic E-state index is 0.371. The summed E-state index contributed by atoms with van der Waals surface area (Å²) >= 11 is 3.17. The van der Waals surface area contributed by atoms with Crippen LogP contribution in [0.15, 0.2) is 40.9 Å². The second-order valence-corrected chi connectivity index (χ2v) is 4.94.